The first kappa shape index (κ1) is 20.9. The van der Waals surface area contributed by atoms with Gasteiger partial charge in [0, 0.05) is 24.4 Å². The van der Waals surface area contributed by atoms with E-state index >= 15 is 0 Å². The average molecular weight is 409 g/mol. The first-order chi connectivity index (χ1) is 14.4. The predicted molar refractivity (Wildman–Crippen MR) is 112 cm³/mol. The number of hydrogen-bond acceptors (Lipinski definition) is 4. The van der Waals surface area contributed by atoms with Gasteiger partial charge in [-0.3, -0.25) is 14.4 Å². The van der Waals surface area contributed by atoms with Crippen LogP contribution >= 0.6 is 0 Å². The minimum atomic E-state index is -1.16. The number of carbonyl (C=O) groups excluding carboxylic acids is 2. The lowest BCUT2D eigenvalue weighted by atomic mass is 10.0. The van der Waals surface area contributed by atoms with E-state index in [-0.39, 0.29) is 6.42 Å². The Morgan fingerprint density at radius 1 is 1.10 bits per heavy atom. The van der Waals surface area contributed by atoms with Crippen molar-refractivity contribution in [2.24, 2.45) is 7.05 Å². The number of nitrogens with one attached hydrogen (secondary N) is 2. The molecule has 30 heavy (non-hydrogen) atoms. The number of carboxylic acid groups (broad SMARTS) is 1. The summed E-state index contributed by atoms with van der Waals surface area (Å²) in [5.74, 6) is -1.47. The SMILES string of the molecule is COc1ccc2c(c1)cc(C(=O)NC(Cc1ccccc1)C(=O)NCC(=O)O)n2C. The fourth-order valence-electron chi connectivity index (χ4n) is 3.25. The predicted octanol–water partition coefficient (Wildman–Crippen LogP) is 1.73. The van der Waals surface area contributed by atoms with E-state index in [0.717, 1.165) is 16.5 Å². The summed E-state index contributed by atoms with van der Waals surface area (Å²) in [4.78, 5) is 36.3. The first-order valence-corrected chi connectivity index (χ1v) is 9.37. The van der Waals surface area contributed by atoms with E-state index in [1.807, 2.05) is 48.5 Å². The number of rotatable bonds is 8. The summed E-state index contributed by atoms with van der Waals surface area (Å²) in [7, 11) is 3.34. The summed E-state index contributed by atoms with van der Waals surface area (Å²) >= 11 is 0. The molecule has 0 fully saturated rings. The summed E-state index contributed by atoms with van der Waals surface area (Å²) in [6.45, 7) is -0.520. The number of aromatic nitrogens is 1. The average Bonchev–Trinajstić information content (AvgIpc) is 3.08. The monoisotopic (exact) mass is 409 g/mol. The van der Waals surface area contributed by atoms with Gasteiger partial charge in [-0.05, 0) is 29.8 Å². The first-order valence-electron chi connectivity index (χ1n) is 9.37. The minimum Gasteiger partial charge on any atom is -0.497 e. The molecule has 0 bridgehead atoms. The van der Waals surface area contributed by atoms with Crippen LogP contribution in [-0.4, -0.2) is 47.2 Å². The van der Waals surface area contributed by atoms with Crippen LogP contribution in [0.25, 0.3) is 10.9 Å². The highest BCUT2D eigenvalue weighted by atomic mass is 16.5. The Bertz CT molecular complexity index is 1080. The Hall–Kier alpha value is -3.81. The quantitative estimate of drug-likeness (QED) is 0.525. The Balaban J connectivity index is 1.84. The van der Waals surface area contributed by atoms with Crippen LogP contribution in [-0.2, 0) is 23.1 Å². The van der Waals surface area contributed by atoms with E-state index in [1.54, 1.807) is 24.8 Å². The van der Waals surface area contributed by atoms with Crippen molar-refractivity contribution in [3.05, 3.63) is 65.9 Å². The van der Waals surface area contributed by atoms with Gasteiger partial charge in [-0.1, -0.05) is 30.3 Å². The van der Waals surface area contributed by atoms with Gasteiger partial charge < -0.3 is 25.0 Å². The molecular formula is C22H23N3O5. The summed E-state index contributed by atoms with van der Waals surface area (Å²) in [6.07, 6.45) is 0.232. The highest BCUT2D eigenvalue weighted by Gasteiger charge is 2.24. The lowest BCUT2D eigenvalue weighted by Crippen LogP contribution is -2.49. The second-order valence-electron chi connectivity index (χ2n) is 6.84. The van der Waals surface area contributed by atoms with Crippen molar-refractivity contribution in [3.8, 4) is 5.75 Å². The molecule has 156 valence electrons. The van der Waals surface area contributed by atoms with Crippen LogP contribution in [0.15, 0.2) is 54.6 Å². The van der Waals surface area contributed by atoms with E-state index < -0.39 is 30.4 Å². The Labute approximate surface area is 173 Å². The van der Waals surface area contributed by atoms with Gasteiger partial charge in [0.25, 0.3) is 5.91 Å². The Kier molecular flexibility index (Phi) is 6.36. The lowest BCUT2D eigenvalue weighted by Gasteiger charge is -2.18. The number of aliphatic carboxylic acids is 1. The van der Waals surface area contributed by atoms with Crippen molar-refractivity contribution in [2.75, 3.05) is 13.7 Å². The zero-order valence-corrected chi connectivity index (χ0v) is 16.7. The maximum atomic E-state index is 13.0. The van der Waals surface area contributed by atoms with Gasteiger partial charge in [0.05, 0.1) is 7.11 Å². The van der Waals surface area contributed by atoms with Gasteiger partial charge in [-0.15, -0.1) is 0 Å². The van der Waals surface area contributed by atoms with Crippen LogP contribution in [0.3, 0.4) is 0 Å². The van der Waals surface area contributed by atoms with Crippen LogP contribution in [0.4, 0.5) is 0 Å². The molecule has 1 aromatic heterocycles. The molecule has 0 spiro atoms. The topological polar surface area (TPSA) is 110 Å². The molecule has 1 unspecified atom stereocenters. The van der Waals surface area contributed by atoms with Crippen LogP contribution in [0.5, 0.6) is 5.75 Å². The highest BCUT2D eigenvalue weighted by Crippen LogP contribution is 2.24. The fraction of sp³-hybridized carbons (Fsp3) is 0.227. The Morgan fingerprint density at radius 2 is 1.83 bits per heavy atom. The molecule has 0 aliphatic heterocycles. The molecule has 3 N–H and O–H groups in total. The number of hydrogen-bond donors (Lipinski definition) is 3. The zero-order valence-electron chi connectivity index (χ0n) is 16.7. The molecule has 3 rings (SSSR count). The zero-order chi connectivity index (χ0) is 21.7. The summed E-state index contributed by atoms with van der Waals surface area (Å²) in [6, 6.07) is 15.5. The number of benzene rings is 2. The molecular weight excluding hydrogens is 386 g/mol. The summed E-state index contributed by atoms with van der Waals surface area (Å²) in [5, 5.41) is 14.7. The van der Waals surface area contributed by atoms with Gasteiger partial charge >= 0.3 is 5.97 Å². The third-order valence-electron chi connectivity index (χ3n) is 4.80. The van der Waals surface area contributed by atoms with Crippen molar-refractivity contribution in [2.45, 2.75) is 12.5 Å². The van der Waals surface area contributed by atoms with Crippen molar-refractivity contribution < 1.29 is 24.2 Å². The lowest BCUT2D eigenvalue weighted by molar-refractivity contribution is -0.138. The third kappa shape index (κ3) is 4.78. The molecule has 0 aliphatic carbocycles. The van der Waals surface area contributed by atoms with E-state index in [0.29, 0.717) is 11.4 Å². The number of ether oxygens (including phenoxy) is 1. The molecule has 2 aromatic carbocycles. The number of aryl methyl sites for hydroxylation is 1. The standard InChI is InChI=1S/C22H23N3O5/c1-25-18-9-8-16(30-2)11-15(18)12-19(25)22(29)24-17(21(28)23-13-20(26)27)10-14-6-4-3-5-7-14/h3-9,11-12,17H,10,13H2,1-2H3,(H,23,28)(H,24,29)(H,26,27). The third-order valence-corrected chi connectivity index (χ3v) is 4.80. The van der Waals surface area contributed by atoms with Crippen LogP contribution in [0.1, 0.15) is 16.1 Å². The van der Waals surface area contributed by atoms with Gasteiger partial charge in [-0.25, -0.2) is 0 Å². The molecule has 0 saturated carbocycles. The minimum absolute atomic E-state index is 0.232. The van der Waals surface area contributed by atoms with Crippen LogP contribution in [0, 0.1) is 0 Å². The maximum absolute atomic E-state index is 13.0. The van der Waals surface area contributed by atoms with Crippen molar-refractivity contribution in [1.29, 1.82) is 0 Å². The molecule has 2 amide bonds. The van der Waals surface area contributed by atoms with Gasteiger partial charge in [0.15, 0.2) is 0 Å². The Morgan fingerprint density at radius 3 is 2.50 bits per heavy atom. The van der Waals surface area contributed by atoms with E-state index in [4.69, 9.17) is 9.84 Å². The number of nitrogens with zero attached hydrogens (tertiary/aromatic N) is 1. The second kappa shape index (κ2) is 9.13. The molecule has 0 saturated heterocycles. The van der Waals surface area contributed by atoms with E-state index in [2.05, 4.69) is 10.6 Å². The van der Waals surface area contributed by atoms with Crippen LogP contribution < -0.4 is 15.4 Å². The summed E-state index contributed by atoms with van der Waals surface area (Å²) in [5.41, 5.74) is 2.06. The van der Waals surface area contributed by atoms with E-state index in [1.165, 1.54) is 0 Å². The number of carboxylic acids is 1. The van der Waals surface area contributed by atoms with Gasteiger partial charge in [0.2, 0.25) is 5.91 Å². The fourth-order valence-corrected chi connectivity index (χ4v) is 3.25. The van der Waals surface area contributed by atoms with Crippen molar-refractivity contribution in [1.82, 2.24) is 15.2 Å². The summed E-state index contributed by atoms with van der Waals surface area (Å²) < 4.78 is 6.96. The molecule has 0 aliphatic rings. The van der Waals surface area contributed by atoms with Crippen molar-refractivity contribution >= 4 is 28.7 Å². The molecule has 1 heterocycles. The molecule has 8 nitrogen and oxygen atoms in total. The van der Waals surface area contributed by atoms with E-state index in [9.17, 15) is 14.4 Å². The molecule has 0 radical (unpaired) electrons. The second-order valence-corrected chi connectivity index (χ2v) is 6.84. The number of methoxy groups -OCH3 is 1. The van der Waals surface area contributed by atoms with Gasteiger partial charge in [0.1, 0.15) is 24.0 Å². The molecule has 8 heteroatoms. The number of carbonyl (C=O) groups is 3. The van der Waals surface area contributed by atoms with Gasteiger partial charge in [-0.2, -0.15) is 0 Å². The number of fused-ring (bicyclic) bond motifs is 1. The largest absolute Gasteiger partial charge is 0.497 e. The molecule has 3 aromatic rings. The highest BCUT2D eigenvalue weighted by molar-refractivity contribution is 6.01. The number of amides is 2. The van der Waals surface area contributed by atoms with Crippen LogP contribution in [0.2, 0.25) is 0 Å². The molecule has 1 atom stereocenters. The maximum Gasteiger partial charge on any atom is 0.322 e. The normalized spacial score (nSPS) is 11.7. The smallest absolute Gasteiger partial charge is 0.322 e. The van der Waals surface area contributed by atoms with Crippen molar-refractivity contribution in [3.63, 3.8) is 0 Å².